The molecule has 106 valence electrons. The second-order valence-electron chi connectivity index (χ2n) is 6.11. The minimum atomic E-state index is -2.44. The Bertz CT molecular complexity index is 260. The van der Waals surface area contributed by atoms with Crippen LogP contribution in [0.15, 0.2) is 0 Å². The van der Waals surface area contributed by atoms with Crippen LogP contribution in [0.4, 0.5) is 8.78 Å². The van der Waals surface area contributed by atoms with E-state index in [-0.39, 0.29) is 25.4 Å². The Morgan fingerprint density at radius 2 is 1.83 bits per heavy atom. The summed E-state index contributed by atoms with van der Waals surface area (Å²) in [6, 6.07) is 0. The molecular formula is C14H25F2NO. The molecule has 0 amide bonds. The highest BCUT2D eigenvalue weighted by Crippen LogP contribution is 2.36. The van der Waals surface area contributed by atoms with Crippen LogP contribution in [0.2, 0.25) is 0 Å². The van der Waals surface area contributed by atoms with Gasteiger partial charge < -0.3 is 10.4 Å². The third-order valence-corrected chi connectivity index (χ3v) is 4.63. The van der Waals surface area contributed by atoms with E-state index in [2.05, 4.69) is 5.32 Å². The van der Waals surface area contributed by atoms with Crippen molar-refractivity contribution in [3.8, 4) is 0 Å². The average molecular weight is 261 g/mol. The molecule has 0 saturated heterocycles. The number of alkyl halides is 2. The van der Waals surface area contributed by atoms with E-state index >= 15 is 0 Å². The van der Waals surface area contributed by atoms with Crippen LogP contribution in [-0.4, -0.2) is 30.7 Å². The number of hydrogen-bond donors (Lipinski definition) is 2. The summed E-state index contributed by atoms with van der Waals surface area (Å²) in [5.41, 5.74) is 0. The second-order valence-corrected chi connectivity index (χ2v) is 6.11. The number of aliphatic hydroxyl groups is 1. The Hall–Kier alpha value is -0.220. The highest BCUT2D eigenvalue weighted by Gasteiger charge is 2.36. The fourth-order valence-corrected chi connectivity index (χ4v) is 3.55. The first kappa shape index (κ1) is 14.2. The van der Waals surface area contributed by atoms with Gasteiger partial charge in [-0.05, 0) is 56.5 Å². The van der Waals surface area contributed by atoms with Crippen molar-refractivity contribution in [3.05, 3.63) is 0 Å². The summed E-state index contributed by atoms with van der Waals surface area (Å²) in [6.45, 7) is 1.87. The maximum absolute atomic E-state index is 13.2. The quantitative estimate of drug-likeness (QED) is 0.797. The maximum Gasteiger partial charge on any atom is 0.248 e. The maximum atomic E-state index is 13.2. The molecule has 0 aliphatic heterocycles. The van der Waals surface area contributed by atoms with Crippen molar-refractivity contribution in [2.75, 3.05) is 19.7 Å². The molecule has 2 nitrogen and oxygen atoms in total. The predicted octanol–water partition coefficient (Wildman–Crippen LogP) is 2.81. The summed E-state index contributed by atoms with van der Waals surface area (Å²) in [5.74, 6) is -1.35. The molecular weight excluding hydrogens is 236 g/mol. The Balaban J connectivity index is 1.66. The predicted molar refractivity (Wildman–Crippen MR) is 67.7 cm³/mol. The fraction of sp³-hybridized carbons (Fsp3) is 1.00. The molecule has 2 aliphatic rings. The summed E-state index contributed by atoms with van der Waals surface area (Å²) in [4.78, 5) is 0. The number of hydrogen-bond acceptors (Lipinski definition) is 2. The van der Waals surface area contributed by atoms with E-state index < -0.39 is 5.92 Å². The van der Waals surface area contributed by atoms with Crippen LogP contribution in [0.3, 0.4) is 0 Å². The highest BCUT2D eigenvalue weighted by molar-refractivity contribution is 4.82. The number of halogens is 2. The van der Waals surface area contributed by atoms with Gasteiger partial charge >= 0.3 is 0 Å². The first-order valence-corrected chi connectivity index (χ1v) is 7.30. The monoisotopic (exact) mass is 261 g/mol. The summed E-state index contributed by atoms with van der Waals surface area (Å²) in [7, 11) is 0. The normalized spacial score (nSPS) is 35.8. The first-order valence-electron chi connectivity index (χ1n) is 7.30. The zero-order chi connectivity index (χ0) is 13.0. The van der Waals surface area contributed by atoms with Crippen LogP contribution < -0.4 is 5.32 Å². The van der Waals surface area contributed by atoms with Gasteiger partial charge in [0.2, 0.25) is 5.92 Å². The summed E-state index contributed by atoms with van der Waals surface area (Å²) in [6.07, 6.45) is 5.17. The largest absolute Gasteiger partial charge is 0.396 e. The summed E-state index contributed by atoms with van der Waals surface area (Å²) in [5, 5.41) is 12.6. The lowest BCUT2D eigenvalue weighted by Crippen LogP contribution is -2.35. The molecule has 0 aromatic heterocycles. The van der Waals surface area contributed by atoms with Crippen LogP contribution in [-0.2, 0) is 0 Å². The molecule has 18 heavy (non-hydrogen) atoms. The van der Waals surface area contributed by atoms with Gasteiger partial charge in [-0.15, -0.1) is 0 Å². The van der Waals surface area contributed by atoms with Gasteiger partial charge in [0.15, 0.2) is 0 Å². The number of aliphatic hydroxyl groups excluding tert-OH is 1. The summed E-state index contributed by atoms with van der Waals surface area (Å²) < 4.78 is 26.5. The molecule has 0 aromatic rings. The van der Waals surface area contributed by atoms with Crippen LogP contribution in [0.25, 0.3) is 0 Å². The van der Waals surface area contributed by atoms with Crippen molar-refractivity contribution in [1.82, 2.24) is 5.32 Å². The highest BCUT2D eigenvalue weighted by atomic mass is 19.3. The molecule has 0 radical (unpaired) electrons. The molecule has 2 rings (SSSR count). The van der Waals surface area contributed by atoms with Crippen molar-refractivity contribution >= 4 is 0 Å². The minimum absolute atomic E-state index is 0.0497. The topological polar surface area (TPSA) is 32.3 Å². The van der Waals surface area contributed by atoms with E-state index in [0.717, 1.165) is 19.4 Å². The molecule has 4 heteroatoms. The number of nitrogens with one attached hydrogen (secondary N) is 1. The van der Waals surface area contributed by atoms with Gasteiger partial charge in [0.1, 0.15) is 0 Å². The van der Waals surface area contributed by atoms with E-state index in [1.807, 2.05) is 0 Å². The zero-order valence-electron chi connectivity index (χ0n) is 11.0. The van der Waals surface area contributed by atoms with Gasteiger partial charge in [0.25, 0.3) is 0 Å². The van der Waals surface area contributed by atoms with Gasteiger partial charge in [-0.1, -0.05) is 6.42 Å². The van der Waals surface area contributed by atoms with Crippen molar-refractivity contribution in [3.63, 3.8) is 0 Å². The molecule has 2 saturated carbocycles. The molecule has 0 aromatic carbocycles. The molecule has 2 N–H and O–H groups in total. The van der Waals surface area contributed by atoms with E-state index in [0.29, 0.717) is 24.8 Å². The van der Waals surface area contributed by atoms with Crippen LogP contribution in [0.1, 0.15) is 44.9 Å². The van der Waals surface area contributed by atoms with E-state index in [9.17, 15) is 13.9 Å². The Kier molecular flexibility index (Phi) is 4.96. The fourth-order valence-electron chi connectivity index (χ4n) is 3.55. The van der Waals surface area contributed by atoms with Gasteiger partial charge in [0, 0.05) is 19.4 Å². The first-order chi connectivity index (χ1) is 8.61. The second kappa shape index (κ2) is 6.29. The standard InChI is InChI=1S/C14H25F2NO/c15-14(16)6-2-3-11(7-14)8-17-9-12-4-1-5-13(12)10-18/h11-13,17-18H,1-10H2. The van der Waals surface area contributed by atoms with Crippen LogP contribution in [0.5, 0.6) is 0 Å². The van der Waals surface area contributed by atoms with Crippen LogP contribution in [0, 0.1) is 17.8 Å². The van der Waals surface area contributed by atoms with Gasteiger partial charge in [-0.2, -0.15) is 0 Å². The third kappa shape index (κ3) is 3.89. The molecule has 3 atom stereocenters. The van der Waals surface area contributed by atoms with Gasteiger partial charge in [0.05, 0.1) is 0 Å². The zero-order valence-corrected chi connectivity index (χ0v) is 11.0. The van der Waals surface area contributed by atoms with E-state index in [1.54, 1.807) is 0 Å². The minimum Gasteiger partial charge on any atom is -0.396 e. The van der Waals surface area contributed by atoms with E-state index in [1.165, 1.54) is 12.8 Å². The smallest absolute Gasteiger partial charge is 0.248 e. The molecule has 0 heterocycles. The summed E-state index contributed by atoms with van der Waals surface area (Å²) >= 11 is 0. The Morgan fingerprint density at radius 3 is 2.56 bits per heavy atom. The van der Waals surface area contributed by atoms with E-state index in [4.69, 9.17) is 0 Å². The lowest BCUT2D eigenvalue weighted by atomic mass is 9.86. The molecule has 2 aliphatic carbocycles. The SMILES string of the molecule is OCC1CCCC1CNCC1CCCC(F)(F)C1. The third-order valence-electron chi connectivity index (χ3n) is 4.63. The number of rotatable bonds is 5. The molecule has 2 fully saturated rings. The Labute approximate surface area is 108 Å². The van der Waals surface area contributed by atoms with Gasteiger partial charge in [-0.3, -0.25) is 0 Å². The van der Waals surface area contributed by atoms with Crippen molar-refractivity contribution < 1.29 is 13.9 Å². The lowest BCUT2D eigenvalue weighted by molar-refractivity contribution is -0.0521. The van der Waals surface area contributed by atoms with Crippen molar-refractivity contribution in [2.45, 2.75) is 50.9 Å². The van der Waals surface area contributed by atoms with Crippen LogP contribution >= 0.6 is 0 Å². The molecule has 0 bridgehead atoms. The lowest BCUT2D eigenvalue weighted by Gasteiger charge is -2.29. The molecule has 0 spiro atoms. The van der Waals surface area contributed by atoms with Gasteiger partial charge in [-0.25, -0.2) is 8.78 Å². The average Bonchev–Trinajstić information content (AvgIpc) is 2.75. The van der Waals surface area contributed by atoms with Crippen molar-refractivity contribution in [2.24, 2.45) is 17.8 Å². The Morgan fingerprint density at radius 1 is 1.06 bits per heavy atom. The molecule has 3 unspecified atom stereocenters. The van der Waals surface area contributed by atoms with Crippen molar-refractivity contribution in [1.29, 1.82) is 0 Å².